The van der Waals surface area contributed by atoms with Crippen molar-refractivity contribution >= 4 is 41.5 Å². The van der Waals surface area contributed by atoms with Crippen LogP contribution >= 0.6 is 11.6 Å². The number of aromatic amines is 1. The molecule has 0 radical (unpaired) electrons. The van der Waals surface area contributed by atoms with Gasteiger partial charge in [-0.2, -0.15) is 4.98 Å². The summed E-state index contributed by atoms with van der Waals surface area (Å²) in [5.41, 5.74) is 1.03. The van der Waals surface area contributed by atoms with Crippen LogP contribution in [0, 0.1) is 0 Å². The summed E-state index contributed by atoms with van der Waals surface area (Å²) in [5, 5.41) is 2.67. The Morgan fingerprint density at radius 2 is 1.54 bits per heavy atom. The number of H-pyrrole nitrogens is 1. The van der Waals surface area contributed by atoms with Gasteiger partial charge in [0.15, 0.2) is 5.65 Å². The Labute approximate surface area is 211 Å². The van der Waals surface area contributed by atoms with Gasteiger partial charge >= 0.3 is 5.69 Å². The zero-order chi connectivity index (χ0) is 24.6. The van der Waals surface area contributed by atoms with Gasteiger partial charge in [-0.1, -0.05) is 81.4 Å². The number of nitrogens with one attached hydrogen (secondary N) is 1. The van der Waals surface area contributed by atoms with Crippen molar-refractivity contribution in [1.29, 1.82) is 0 Å². The minimum Gasteiger partial charge on any atom is -0.404 e. The molecule has 2 heterocycles. The number of rotatable bonds is 5. The number of hydrogen-bond acceptors (Lipinski definition) is 4. The van der Waals surface area contributed by atoms with E-state index in [4.69, 9.17) is 16.0 Å². The second-order valence-corrected chi connectivity index (χ2v) is 15.0. The van der Waals surface area contributed by atoms with Crippen molar-refractivity contribution < 1.29 is 4.43 Å². The van der Waals surface area contributed by atoms with E-state index < -0.39 is 8.32 Å². The number of benzene rings is 2. The van der Waals surface area contributed by atoms with E-state index in [2.05, 4.69) is 96.4 Å². The fraction of sp³-hybridized carbons (Fsp3) is 0.370. The highest BCUT2D eigenvalue weighted by Crippen LogP contribution is 2.40. The Morgan fingerprint density at radius 1 is 0.971 bits per heavy atom. The molecule has 0 unspecified atom stereocenters. The predicted octanol–water partition coefficient (Wildman–Crippen LogP) is 4.83. The number of nitrogens with zero attached hydrogens (tertiary/aromatic N) is 3. The molecule has 1 aliphatic rings. The van der Waals surface area contributed by atoms with Crippen LogP contribution in [0.25, 0.3) is 11.2 Å². The molecule has 0 saturated heterocycles. The van der Waals surface area contributed by atoms with Crippen LogP contribution in [-0.2, 0) is 4.43 Å². The molecule has 2 aromatic carbocycles. The van der Waals surface area contributed by atoms with E-state index in [0.717, 1.165) is 25.7 Å². The highest BCUT2D eigenvalue weighted by molar-refractivity contribution is 6.99. The first-order chi connectivity index (χ1) is 16.8. The van der Waals surface area contributed by atoms with Gasteiger partial charge in [0.05, 0.1) is 6.20 Å². The lowest BCUT2D eigenvalue weighted by Gasteiger charge is -2.46. The quantitative estimate of drug-likeness (QED) is 0.311. The maximum absolute atomic E-state index is 12.7. The summed E-state index contributed by atoms with van der Waals surface area (Å²) >= 11 is 6.03. The molecule has 0 aliphatic heterocycles. The molecule has 0 amide bonds. The monoisotopic (exact) mass is 506 g/mol. The normalized spacial score (nSPS) is 19.2. The van der Waals surface area contributed by atoms with Crippen LogP contribution in [0.5, 0.6) is 0 Å². The molecule has 8 heteroatoms. The molecule has 5 rings (SSSR count). The zero-order valence-electron chi connectivity index (χ0n) is 20.4. The molecule has 0 atom stereocenters. The fourth-order valence-corrected chi connectivity index (χ4v) is 10.5. The molecule has 6 nitrogen and oxygen atoms in total. The third kappa shape index (κ3) is 4.37. The SMILES string of the molecule is CC(C)(C)[Si](O[C@H]1CC[C@H](n2c(=O)[nH]c3cnc(Cl)nc32)CC1)(c1ccccc1)c1ccccc1. The lowest BCUT2D eigenvalue weighted by molar-refractivity contribution is 0.123. The summed E-state index contributed by atoms with van der Waals surface area (Å²) in [6, 6.07) is 21.6. The molecule has 4 aromatic rings. The Bertz CT molecular complexity index is 1320. The van der Waals surface area contributed by atoms with Crippen LogP contribution in [-0.4, -0.2) is 33.9 Å². The van der Waals surface area contributed by atoms with Gasteiger partial charge in [0, 0.05) is 12.1 Å². The van der Waals surface area contributed by atoms with E-state index >= 15 is 0 Å². The van der Waals surface area contributed by atoms with E-state index in [1.165, 1.54) is 10.4 Å². The summed E-state index contributed by atoms with van der Waals surface area (Å²) in [6.07, 6.45) is 5.14. The Balaban J connectivity index is 1.46. The summed E-state index contributed by atoms with van der Waals surface area (Å²) in [5.74, 6) is 0. The Hall–Kier alpha value is -2.74. The van der Waals surface area contributed by atoms with E-state index in [1.807, 2.05) is 0 Å². The van der Waals surface area contributed by atoms with Gasteiger partial charge in [0.1, 0.15) is 5.52 Å². The molecule has 182 valence electrons. The number of halogens is 1. The van der Waals surface area contributed by atoms with Crippen molar-refractivity contribution in [3.63, 3.8) is 0 Å². The first-order valence-electron chi connectivity index (χ1n) is 12.2. The minimum atomic E-state index is -2.60. The molecular formula is C27H31ClN4O2Si. The number of imidazole rings is 1. The van der Waals surface area contributed by atoms with Crippen molar-refractivity contribution in [3.05, 3.63) is 82.6 Å². The van der Waals surface area contributed by atoms with Gasteiger partial charge in [0.2, 0.25) is 5.28 Å². The van der Waals surface area contributed by atoms with Gasteiger partial charge in [0.25, 0.3) is 8.32 Å². The molecule has 1 N–H and O–H groups in total. The molecule has 1 fully saturated rings. The van der Waals surface area contributed by atoms with Crippen molar-refractivity contribution in [2.45, 2.75) is 63.6 Å². The van der Waals surface area contributed by atoms with Crippen LogP contribution in [0.4, 0.5) is 0 Å². The first kappa shape index (κ1) is 24.0. The topological polar surface area (TPSA) is 72.8 Å². The smallest absolute Gasteiger partial charge is 0.327 e. The summed E-state index contributed by atoms with van der Waals surface area (Å²) < 4.78 is 9.07. The molecule has 35 heavy (non-hydrogen) atoms. The summed E-state index contributed by atoms with van der Waals surface area (Å²) in [6.45, 7) is 6.92. The maximum Gasteiger partial charge on any atom is 0.327 e. The van der Waals surface area contributed by atoms with Gasteiger partial charge in [-0.25, -0.2) is 9.78 Å². The molecule has 1 saturated carbocycles. The van der Waals surface area contributed by atoms with E-state index in [0.29, 0.717) is 11.2 Å². The Morgan fingerprint density at radius 3 is 2.09 bits per heavy atom. The zero-order valence-corrected chi connectivity index (χ0v) is 22.1. The Kier molecular flexibility index (Phi) is 6.42. The molecular weight excluding hydrogens is 476 g/mol. The third-order valence-corrected chi connectivity index (χ3v) is 12.5. The van der Waals surface area contributed by atoms with Gasteiger partial charge in [-0.15, -0.1) is 0 Å². The maximum atomic E-state index is 12.7. The van der Waals surface area contributed by atoms with Crippen LogP contribution in [0.1, 0.15) is 52.5 Å². The van der Waals surface area contributed by atoms with Crippen LogP contribution in [0.3, 0.4) is 0 Å². The van der Waals surface area contributed by atoms with Crippen molar-refractivity contribution in [1.82, 2.24) is 19.5 Å². The molecule has 1 aliphatic carbocycles. The standard InChI is InChI=1S/C27H31ClN4O2Si/c1-27(2,3)35(21-10-6-4-7-11-21,22-12-8-5-9-13-22)34-20-16-14-19(15-17-20)32-24-23(30-26(32)33)18-29-25(28)31-24/h4-13,18-20H,14-17H2,1-3H3,(H,30,33)/t19-,20-. The third-order valence-electron chi connectivity index (χ3n) is 7.20. The van der Waals surface area contributed by atoms with Crippen molar-refractivity contribution in [2.75, 3.05) is 0 Å². The lowest BCUT2D eigenvalue weighted by atomic mass is 9.93. The number of aromatic nitrogens is 4. The minimum absolute atomic E-state index is 0.0567. The number of fused-ring (bicyclic) bond motifs is 1. The van der Waals surface area contributed by atoms with Crippen LogP contribution < -0.4 is 16.1 Å². The predicted molar refractivity (Wildman–Crippen MR) is 143 cm³/mol. The molecule has 0 bridgehead atoms. The van der Waals surface area contributed by atoms with Crippen molar-refractivity contribution in [2.24, 2.45) is 0 Å². The highest BCUT2D eigenvalue weighted by Gasteiger charge is 2.51. The number of hydrogen-bond donors (Lipinski definition) is 1. The largest absolute Gasteiger partial charge is 0.404 e. The highest BCUT2D eigenvalue weighted by atomic mass is 35.5. The lowest BCUT2D eigenvalue weighted by Crippen LogP contribution is -2.67. The van der Waals surface area contributed by atoms with Crippen molar-refractivity contribution in [3.8, 4) is 0 Å². The van der Waals surface area contributed by atoms with E-state index in [1.54, 1.807) is 10.8 Å². The van der Waals surface area contributed by atoms with Gasteiger partial charge in [-0.3, -0.25) is 4.57 Å². The van der Waals surface area contributed by atoms with Crippen LogP contribution in [0.15, 0.2) is 71.7 Å². The first-order valence-corrected chi connectivity index (χ1v) is 14.5. The summed E-state index contributed by atoms with van der Waals surface area (Å²) in [4.78, 5) is 23.9. The summed E-state index contributed by atoms with van der Waals surface area (Å²) in [7, 11) is -2.60. The van der Waals surface area contributed by atoms with E-state index in [9.17, 15) is 4.79 Å². The average Bonchev–Trinajstić information content (AvgIpc) is 3.18. The molecule has 0 spiro atoms. The molecule has 2 aromatic heterocycles. The van der Waals surface area contributed by atoms with Gasteiger partial charge < -0.3 is 9.41 Å². The average molecular weight is 507 g/mol. The second kappa shape index (κ2) is 9.37. The van der Waals surface area contributed by atoms with Crippen LogP contribution in [0.2, 0.25) is 10.3 Å². The van der Waals surface area contributed by atoms with Gasteiger partial charge in [-0.05, 0) is 52.7 Å². The second-order valence-electron chi connectivity index (χ2n) is 10.4. The fourth-order valence-electron chi connectivity index (χ4n) is 5.60. The van der Waals surface area contributed by atoms with E-state index in [-0.39, 0.29) is 28.2 Å².